The zero-order chi connectivity index (χ0) is 16.3. The largest absolute Gasteiger partial charge is 0.351 e. The van der Waals surface area contributed by atoms with E-state index in [-0.39, 0.29) is 11.8 Å². The van der Waals surface area contributed by atoms with E-state index in [4.69, 9.17) is 5.73 Å². The Morgan fingerprint density at radius 2 is 1.82 bits per heavy atom. The van der Waals surface area contributed by atoms with Gasteiger partial charge < -0.3 is 15.5 Å². The van der Waals surface area contributed by atoms with Gasteiger partial charge in [0.15, 0.2) is 0 Å². The van der Waals surface area contributed by atoms with Gasteiger partial charge in [0.05, 0.1) is 5.92 Å². The van der Waals surface area contributed by atoms with Crippen LogP contribution in [0, 0.1) is 17.3 Å². The SMILES string of the molecule is CC(C)CC1(C)CCN(C(=O)C2CCCN(C(N)=O)C2)CC1. The molecule has 0 saturated carbocycles. The molecule has 0 bridgehead atoms. The first-order valence-corrected chi connectivity index (χ1v) is 8.64. The Morgan fingerprint density at radius 1 is 1.18 bits per heavy atom. The standard InChI is InChI=1S/C17H31N3O2/c1-13(2)11-17(3)6-9-19(10-7-17)15(21)14-5-4-8-20(12-14)16(18)22/h13-14H,4-12H2,1-3H3,(H2,18,22). The minimum absolute atomic E-state index is 0.0595. The summed E-state index contributed by atoms with van der Waals surface area (Å²) in [7, 11) is 0. The fourth-order valence-electron chi connectivity index (χ4n) is 4.09. The van der Waals surface area contributed by atoms with Gasteiger partial charge in [0.2, 0.25) is 5.91 Å². The normalized spacial score (nSPS) is 25.4. The van der Waals surface area contributed by atoms with E-state index in [1.165, 1.54) is 6.42 Å². The molecule has 0 aromatic rings. The monoisotopic (exact) mass is 309 g/mol. The van der Waals surface area contributed by atoms with Crippen molar-refractivity contribution in [1.82, 2.24) is 9.80 Å². The van der Waals surface area contributed by atoms with Crippen molar-refractivity contribution in [2.75, 3.05) is 26.2 Å². The molecule has 2 rings (SSSR count). The number of urea groups is 1. The summed E-state index contributed by atoms with van der Waals surface area (Å²) in [5.41, 5.74) is 5.72. The van der Waals surface area contributed by atoms with Gasteiger partial charge in [-0.15, -0.1) is 0 Å². The second-order valence-electron chi connectivity index (χ2n) is 7.86. The summed E-state index contributed by atoms with van der Waals surface area (Å²) in [5.74, 6) is 0.864. The van der Waals surface area contributed by atoms with Crippen LogP contribution in [0.25, 0.3) is 0 Å². The molecule has 2 heterocycles. The molecule has 2 aliphatic rings. The smallest absolute Gasteiger partial charge is 0.314 e. The van der Waals surface area contributed by atoms with E-state index in [9.17, 15) is 9.59 Å². The van der Waals surface area contributed by atoms with E-state index in [0.717, 1.165) is 38.8 Å². The maximum Gasteiger partial charge on any atom is 0.314 e. The summed E-state index contributed by atoms with van der Waals surface area (Å²) in [6, 6.07) is -0.402. The molecular formula is C17H31N3O2. The van der Waals surface area contributed by atoms with Crippen molar-refractivity contribution in [2.24, 2.45) is 23.0 Å². The van der Waals surface area contributed by atoms with Crippen LogP contribution in [0.2, 0.25) is 0 Å². The average molecular weight is 309 g/mol. The number of piperidine rings is 2. The lowest BCUT2D eigenvalue weighted by atomic mass is 9.74. The predicted octanol–water partition coefficient (Wildman–Crippen LogP) is 2.45. The number of nitrogens with two attached hydrogens (primary N) is 1. The number of likely N-dealkylation sites (tertiary alicyclic amines) is 2. The predicted molar refractivity (Wildman–Crippen MR) is 87.3 cm³/mol. The number of primary amides is 1. The van der Waals surface area contributed by atoms with Gasteiger partial charge in [-0.05, 0) is 43.4 Å². The number of amides is 3. The van der Waals surface area contributed by atoms with Crippen LogP contribution in [0.5, 0.6) is 0 Å². The van der Waals surface area contributed by atoms with Crippen molar-refractivity contribution in [1.29, 1.82) is 0 Å². The third kappa shape index (κ3) is 4.14. The minimum Gasteiger partial charge on any atom is -0.351 e. The number of hydrogen-bond donors (Lipinski definition) is 1. The van der Waals surface area contributed by atoms with Crippen LogP contribution in [-0.2, 0) is 4.79 Å². The van der Waals surface area contributed by atoms with E-state index in [1.807, 2.05) is 4.90 Å². The van der Waals surface area contributed by atoms with Crippen LogP contribution in [-0.4, -0.2) is 47.9 Å². The highest BCUT2D eigenvalue weighted by molar-refractivity contribution is 5.80. The average Bonchev–Trinajstić information content (AvgIpc) is 2.46. The number of rotatable bonds is 3. The Labute approximate surface area is 134 Å². The zero-order valence-corrected chi connectivity index (χ0v) is 14.3. The van der Waals surface area contributed by atoms with Crippen LogP contribution < -0.4 is 5.73 Å². The fraction of sp³-hybridized carbons (Fsp3) is 0.882. The molecule has 0 radical (unpaired) electrons. The topological polar surface area (TPSA) is 66.6 Å². The molecule has 22 heavy (non-hydrogen) atoms. The molecule has 3 amide bonds. The molecule has 5 nitrogen and oxygen atoms in total. The van der Waals surface area contributed by atoms with Crippen LogP contribution in [0.15, 0.2) is 0 Å². The highest BCUT2D eigenvalue weighted by Gasteiger charge is 2.36. The van der Waals surface area contributed by atoms with Gasteiger partial charge in [-0.2, -0.15) is 0 Å². The molecule has 5 heteroatoms. The molecule has 2 N–H and O–H groups in total. The molecule has 0 aromatic carbocycles. The molecule has 1 unspecified atom stereocenters. The lowest BCUT2D eigenvalue weighted by molar-refractivity contribution is -0.139. The first-order chi connectivity index (χ1) is 10.3. The first-order valence-electron chi connectivity index (χ1n) is 8.64. The van der Waals surface area contributed by atoms with Gasteiger partial charge in [-0.3, -0.25) is 4.79 Å². The van der Waals surface area contributed by atoms with Crippen LogP contribution in [0.4, 0.5) is 4.79 Å². The fourth-order valence-corrected chi connectivity index (χ4v) is 4.09. The molecular weight excluding hydrogens is 278 g/mol. The van der Waals surface area contributed by atoms with Crippen molar-refractivity contribution in [3.63, 3.8) is 0 Å². The van der Waals surface area contributed by atoms with Gasteiger partial charge in [0.25, 0.3) is 0 Å². The third-order valence-electron chi connectivity index (χ3n) is 5.27. The Morgan fingerprint density at radius 3 is 2.36 bits per heavy atom. The number of hydrogen-bond acceptors (Lipinski definition) is 2. The minimum atomic E-state index is -0.402. The summed E-state index contributed by atoms with van der Waals surface area (Å²) in [5, 5.41) is 0. The number of carbonyl (C=O) groups excluding carboxylic acids is 2. The van der Waals surface area contributed by atoms with E-state index in [1.54, 1.807) is 4.90 Å². The van der Waals surface area contributed by atoms with E-state index >= 15 is 0 Å². The van der Waals surface area contributed by atoms with Crippen LogP contribution >= 0.6 is 0 Å². The maximum absolute atomic E-state index is 12.7. The van der Waals surface area contributed by atoms with E-state index < -0.39 is 6.03 Å². The Kier molecular flexibility index (Phi) is 5.35. The Hall–Kier alpha value is -1.26. The number of carbonyl (C=O) groups is 2. The summed E-state index contributed by atoms with van der Waals surface area (Å²) in [6.07, 6.45) is 5.15. The van der Waals surface area contributed by atoms with E-state index in [2.05, 4.69) is 20.8 Å². The second-order valence-corrected chi connectivity index (χ2v) is 7.86. The van der Waals surface area contributed by atoms with Crippen LogP contribution in [0.1, 0.15) is 52.9 Å². The van der Waals surface area contributed by atoms with Gasteiger partial charge in [-0.25, -0.2) is 4.79 Å². The number of nitrogens with zero attached hydrogens (tertiary/aromatic N) is 2. The molecule has 0 spiro atoms. The molecule has 1 atom stereocenters. The molecule has 126 valence electrons. The maximum atomic E-state index is 12.7. The lowest BCUT2D eigenvalue weighted by Crippen LogP contribution is -2.50. The van der Waals surface area contributed by atoms with Crippen molar-refractivity contribution >= 4 is 11.9 Å². The van der Waals surface area contributed by atoms with E-state index in [0.29, 0.717) is 24.4 Å². The summed E-state index contributed by atoms with van der Waals surface area (Å²) < 4.78 is 0. The summed E-state index contributed by atoms with van der Waals surface area (Å²) in [6.45, 7) is 9.78. The summed E-state index contributed by atoms with van der Waals surface area (Å²) >= 11 is 0. The second kappa shape index (κ2) is 6.88. The third-order valence-corrected chi connectivity index (χ3v) is 5.27. The van der Waals surface area contributed by atoms with Gasteiger partial charge in [0, 0.05) is 26.2 Å². The Balaban J connectivity index is 1.88. The molecule has 0 aliphatic carbocycles. The zero-order valence-electron chi connectivity index (χ0n) is 14.3. The van der Waals surface area contributed by atoms with Crippen LogP contribution in [0.3, 0.4) is 0 Å². The van der Waals surface area contributed by atoms with Crippen molar-refractivity contribution in [3.05, 3.63) is 0 Å². The van der Waals surface area contributed by atoms with Gasteiger partial charge in [0.1, 0.15) is 0 Å². The summed E-state index contributed by atoms with van der Waals surface area (Å²) in [4.78, 5) is 27.6. The van der Waals surface area contributed by atoms with Gasteiger partial charge in [-0.1, -0.05) is 20.8 Å². The molecule has 0 aromatic heterocycles. The molecule has 2 aliphatic heterocycles. The van der Waals surface area contributed by atoms with Gasteiger partial charge >= 0.3 is 6.03 Å². The molecule has 2 fully saturated rings. The quantitative estimate of drug-likeness (QED) is 0.870. The van der Waals surface area contributed by atoms with Crippen molar-refractivity contribution < 1.29 is 9.59 Å². The highest BCUT2D eigenvalue weighted by atomic mass is 16.2. The highest BCUT2D eigenvalue weighted by Crippen LogP contribution is 2.37. The van der Waals surface area contributed by atoms with Crippen molar-refractivity contribution in [3.8, 4) is 0 Å². The molecule has 2 saturated heterocycles. The van der Waals surface area contributed by atoms with Crippen molar-refractivity contribution in [2.45, 2.75) is 52.9 Å². The first kappa shape index (κ1) is 17.1. The lowest BCUT2D eigenvalue weighted by Gasteiger charge is -2.42. The Bertz CT molecular complexity index is 414.